The van der Waals surface area contributed by atoms with Gasteiger partial charge in [-0.15, -0.1) is 11.3 Å². The van der Waals surface area contributed by atoms with E-state index in [0.717, 1.165) is 12.0 Å². The molecule has 19 heavy (non-hydrogen) atoms. The Morgan fingerprint density at radius 3 is 2.68 bits per heavy atom. The minimum atomic E-state index is -1.05. The average Bonchev–Trinajstić information content (AvgIpc) is 2.88. The second-order valence-corrected chi connectivity index (χ2v) is 5.86. The molecule has 0 saturated carbocycles. The summed E-state index contributed by atoms with van der Waals surface area (Å²) in [4.78, 5) is 11.8. The molecule has 2 N–H and O–H groups in total. The molecule has 1 atom stereocenters. The number of aryl methyl sites for hydroxylation is 1. The number of aromatic carboxylic acids is 1. The zero-order valence-corrected chi connectivity index (χ0v) is 11.1. The highest BCUT2D eigenvalue weighted by atomic mass is 32.1. The van der Waals surface area contributed by atoms with E-state index in [-0.39, 0.29) is 5.56 Å². The Morgan fingerprint density at radius 1 is 1.21 bits per heavy atom. The number of benzene rings is 1. The molecule has 1 aromatic carbocycles. The van der Waals surface area contributed by atoms with Gasteiger partial charge < -0.3 is 10.2 Å². The Morgan fingerprint density at radius 2 is 1.95 bits per heavy atom. The summed E-state index contributed by atoms with van der Waals surface area (Å²) in [6.45, 7) is 0. The molecule has 1 unspecified atom stereocenters. The fourth-order valence-corrected chi connectivity index (χ4v) is 3.77. The van der Waals surface area contributed by atoms with Gasteiger partial charge in [-0.1, -0.05) is 24.3 Å². The van der Waals surface area contributed by atoms with Gasteiger partial charge in [0.15, 0.2) is 0 Å². The molecule has 1 aromatic heterocycles. The Bertz CT molecular complexity index is 632. The molecule has 0 bridgehead atoms. The van der Waals surface area contributed by atoms with E-state index in [4.69, 9.17) is 0 Å². The van der Waals surface area contributed by atoms with E-state index in [2.05, 4.69) is 6.07 Å². The van der Waals surface area contributed by atoms with E-state index in [1.54, 1.807) is 11.4 Å². The molecule has 1 aliphatic carbocycles. The average molecular weight is 274 g/mol. The van der Waals surface area contributed by atoms with Crippen molar-refractivity contribution in [2.24, 2.45) is 0 Å². The number of aliphatic hydroxyl groups is 1. The number of hydrogen-bond acceptors (Lipinski definition) is 3. The van der Waals surface area contributed by atoms with Gasteiger partial charge in [-0.05, 0) is 35.4 Å². The maximum atomic E-state index is 11.2. The van der Waals surface area contributed by atoms with Crippen molar-refractivity contribution in [1.29, 1.82) is 0 Å². The lowest BCUT2D eigenvalue weighted by molar-refractivity contribution is 0.0239. The van der Waals surface area contributed by atoms with E-state index in [0.29, 0.717) is 17.7 Å². The smallest absolute Gasteiger partial charge is 0.336 e. The molecule has 0 amide bonds. The molecule has 0 spiro atoms. The van der Waals surface area contributed by atoms with Gasteiger partial charge in [0.05, 0.1) is 10.4 Å². The van der Waals surface area contributed by atoms with Crippen molar-refractivity contribution >= 4 is 17.3 Å². The molecule has 4 heteroatoms. The molecule has 3 nitrogen and oxygen atoms in total. The first kappa shape index (κ1) is 12.4. The maximum absolute atomic E-state index is 11.2. The van der Waals surface area contributed by atoms with Crippen LogP contribution in [0.25, 0.3) is 0 Å². The monoisotopic (exact) mass is 274 g/mol. The van der Waals surface area contributed by atoms with Gasteiger partial charge in [0.1, 0.15) is 5.60 Å². The highest BCUT2D eigenvalue weighted by Gasteiger charge is 2.37. The fourth-order valence-electron chi connectivity index (χ4n) is 2.75. The lowest BCUT2D eigenvalue weighted by Gasteiger charge is -2.33. The summed E-state index contributed by atoms with van der Waals surface area (Å²) in [5, 5.41) is 21.8. The first-order chi connectivity index (χ1) is 9.10. The third-order valence-electron chi connectivity index (χ3n) is 3.73. The van der Waals surface area contributed by atoms with Crippen LogP contribution in [0.2, 0.25) is 0 Å². The van der Waals surface area contributed by atoms with Gasteiger partial charge in [0.25, 0.3) is 0 Å². The predicted octanol–water partition coefficient (Wildman–Crippen LogP) is 2.82. The van der Waals surface area contributed by atoms with Crippen LogP contribution in [-0.4, -0.2) is 16.2 Å². The van der Waals surface area contributed by atoms with Crippen LogP contribution in [0, 0.1) is 0 Å². The Labute approximate surface area is 115 Å². The number of carbonyl (C=O) groups is 1. The number of carboxylic acid groups (broad SMARTS) is 1. The van der Waals surface area contributed by atoms with Gasteiger partial charge in [-0.3, -0.25) is 0 Å². The van der Waals surface area contributed by atoms with Crippen LogP contribution in [0.3, 0.4) is 0 Å². The third kappa shape index (κ3) is 2.07. The van der Waals surface area contributed by atoms with Crippen molar-refractivity contribution in [1.82, 2.24) is 0 Å². The third-order valence-corrected chi connectivity index (χ3v) is 4.84. The van der Waals surface area contributed by atoms with E-state index >= 15 is 0 Å². The van der Waals surface area contributed by atoms with E-state index in [1.165, 1.54) is 16.9 Å². The molecule has 0 fully saturated rings. The van der Waals surface area contributed by atoms with Crippen molar-refractivity contribution in [3.05, 3.63) is 57.3 Å². The molecular weight excluding hydrogens is 260 g/mol. The lowest BCUT2D eigenvalue weighted by atomic mass is 9.79. The molecule has 3 rings (SSSR count). The lowest BCUT2D eigenvalue weighted by Crippen LogP contribution is -2.33. The second-order valence-electron chi connectivity index (χ2n) is 4.95. The standard InChI is InChI=1S/C15H14O3S/c16-14(17)12-6-8-19-13(12)15(18)7-5-10-3-1-2-4-11(10)9-15/h1-4,6,8,18H,5,7,9H2,(H,16,17). The van der Waals surface area contributed by atoms with Crippen LogP contribution in [0.4, 0.5) is 0 Å². The maximum Gasteiger partial charge on any atom is 0.336 e. The summed E-state index contributed by atoms with van der Waals surface area (Å²) in [6, 6.07) is 9.60. The molecule has 0 radical (unpaired) electrons. The molecule has 0 saturated heterocycles. The van der Waals surface area contributed by atoms with Gasteiger partial charge in [0.2, 0.25) is 0 Å². The minimum Gasteiger partial charge on any atom is -0.478 e. The molecule has 1 heterocycles. The van der Waals surface area contributed by atoms with Crippen LogP contribution < -0.4 is 0 Å². The van der Waals surface area contributed by atoms with Crippen LogP contribution in [-0.2, 0) is 18.4 Å². The van der Waals surface area contributed by atoms with Gasteiger partial charge in [-0.25, -0.2) is 4.79 Å². The van der Waals surface area contributed by atoms with E-state index < -0.39 is 11.6 Å². The van der Waals surface area contributed by atoms with Crippen molar-refractivity contribution in [2.45, 2.75) is 24.9 Å². The quantitative estimate of drug-likeness (QED) is 0.885. The molecular formula is C15H14O3S. The van der Waals surface area contributed by atoms with Crippen molar-refractivity contribution in [2.75, 3.05) is 0 Å². The molecule has 2 aromatic rings. The van der Waals surface area contributed by atoms with Gasteiger partial charge in [0, 0.05) is 6.42 Å². The van der Waals surface area contributed by atoms with E-state index in [9.17, 15) is 15.0 Å². The zero-order valence-electron chi connectivity index (χ0n) is 10.3. The number of fused-ring (bicyclic) bond motifs is 1. The van der Waals surface area contributed by atoms with Crippen LogP contribution in [0.1, 0.15) is 32.8 Å². The zero-order chi connectivity index (χ0) is 13.5. The highest BCUT2D eigenvalue weighted by molar-refractivity contribution is 7.10. The summed E-state index contributed by atoms with van der Waals surface area (Å²) in [5.74, 6) is -0.969. The molecule has 98 valence electrons. The van der Waals surface area contributed by atoms with Crippen molar-refractivity contribution < 1.29 is 15.0 Å². The SMILES string of the molecule is O=C(O)c1ccsc1C1(O)CCc2ccccc2C1. The predicted molar refractivity (Wildman–Crippen MR) is 73.6 cm³/mol. The number of hydrogen-bond donors (Lipinski definition) is 2. The second kappa shape index (κ2) is 4.47. The Hall–Kier alpha value is -1.65. The number of carboxylic acids is 1. The van der Waals surface area contributed by atoms with Crippen molar-refractivity contribution in [3.8, 4) is 0 Å². The minimum absolute atomic E-state index is 0.229. The topological polar surface area (TPSA) is 57.5 Å². The largest absolute Gasteiger partial charge is 0.478 e. The summed E-state index contributed by atoms with van der Waals surface area (Å²) < 4.78 is 0. The van der Waals surface area contributed by atoms with Crippen LogP contribution >= 0.6 is 11.3 Å². The first-order valence-electron chi connectivity index (χ1n) is 6.20. The molecule has 0 aliphatic heterocycles. The van der Waals surface area contributed by atoms with Crippen LogP contribution in [0.5, 0.6) is 0 Å². The summed E-state index contributed by atoms with van der Waals surface area (Å²) >= 11 is 1.33. The van der Waals surface area contributed by atoms with E-state index in [1.807, 2.05) is 18.2 Å². The summed E-state index contributed by atoms with van der Waals surface area (Å²) in [5.41, 5.74) is 1.55. The van der Waals surface area contributed by atoms with Gasteiger partial charge >= 0.3 is 5.97 Å². The highest BCUT2D eigenvalue weighted by Crippen LogP contribution is 2.40. The first-order valence-corrected chi connectivity index (χ1v) is 7.08. The normalized spacial score (nSPS) is 21.9. The number of rotatable bonds is 2. The number of thiophene rings is 1. The fraction of sp³-hybridized carbons (Fsp3) is 0.267. The summed E-state index contributed by atoms with van der Waals surface area (Å²) in [6.07, 6.45) is 1.85. The molecule has 1 aliphatic rings. The van der Waals surface area contributed by atoms with Crippen molar-refractivity contribution in [3.63, 3.8) is 0 Å². The van der Waals surface area contributed by atoms with Crippen LogP contribution in [0.15, 0.2) is 35.7 Å². The van der Waals surface area contributed by atoms with Gasteiger partial charge in [-0.2, -0.15) is 0 Å². The Kier molecular flexibility index (Phi) is 2.92. The Balaban J connectivity index is 2.02. The summed E-state index contributed by atoms with van der Waals surface area (Å²) in [7, 11) is 0.